The predicted octanol–water partition coefficient (Wildman–Crippen LogP) is 18.7. The van der Waals surface area contributed by atoms with Crippen LogP contribution in [0.25, 0.3) is 0 Å². The minimum absolute atomic E-state index is 0.00602. The number of nitrogens with one attached hydrogen (secondary N) is 1. The van der Waals surface area contributed by atoms with Crippen LogP contribution < -0.4 is 5.32 Å². The van der Waals surface area contributed by atoms with Crippen LogP contribution in [-0.4, -0.2) is 100 Å². The first-order valence-corrected chi connectivity index (χ1v) is 36.2. The van der Waals surface area contributed by atoms with Crippen LogP contribution in [0.5, 0.6) is 0 Å². The maximum Gasteiger partial charge on any atom is 0.305 e. The van der Waals surface area contributed by atoms with Crippen molar-refractivity contribution in [1.82, 2.24) is 5.32 Å². The first kappa shape index (κ1) is 81.1. The Morgan fingerprint density at radius 1 is 0.430 bits per heavy atom. The molecule has 0 aromatic heterocycles. The lowest BCUT2D eigenvalue weighted by molar-refractivity contribution is -0.302. The molecule has 86 heavy (non-hydrogen) atoms. The quantitative estimate of drug-likeness (QED) is 0.0195. The average Bonchev–Trinajstić information content (AvgIpc) is 2.58. The molecule has 1 heterocycles. The molecule has 0 bridgehead atoms. The maximum absolute atomic E-state index is 13.0. The van der Waals surface area contributed by atoms with Crippen molar-refractivity contribution in [3.63, 3.8) is 0 Å². The number of carbonyl (C=O) groups excluding carboxylic acids is 2. The highest BCUT2D eigenvalue weighted by Crippen LogP contribution is 2.23. The summed E-state index contributed by atoms with van der Waals surface area (Å²) >= 11 is 0. The fourth-order valence-electron chi connectivity index (χ4n) is 11.0. The number of carbonyl (C=O) groups is 2. The van der Waals surface area contributed by atoms with Crippen LogP contribution in [0.3, 0.4) is 0 Å². The van der Waals surface area contributed by atoms with E-state index in [4.69, 9.17) is 14.2 Å². The molecule has 0 aromatic rings. The van der Waals surface area contributed by atoms with Gasteiger partial charge >= 0.3 is 5.97 Å². The molecule has 7 atom stereocenters. The Morgan fingerprint density at radius 3 is 1.27 bits per heavy atom. The summed E-state index contributed by atoms with van der Waals surface area (Å²) < 4.78 is 16.7. The van der Waals surface area contributed by atoms with Gasteiger partial charge < -0.3 is 45.1 Å². The lowest BCUT2D eigenvalue weighted by Gasteiger charge is -2.40. The van der Waals surface area contributed by atoms with Crippen molar-refractivity contribution in [3.05, 3.63) is 72.9 Å². The Bertz CT molecular complexity index is 1660. The number of rotatable bonds is 63. The molecule has 1 amide bonds. The molecular weight excluding hydrogens is 1070 g/mol. The monoisotopic (exact) mass is 1210 g/mol. The number of aliphatic hydroxyl groups is 5. The van der Waals surface area contributed by atoms with E-state index in [-0.39, 0.29) is 18.5 Å². The fraction of sp³-hybridized carbons (Fsp3) is 0.813. The van der Waals surface area contributed by atoms with E-state index in [2.05, 4.69) is 79.9 Å². The van der Waals surface area contributed by atoms with Crippen molar-refractivity contribution >= 4 is 11.9 Å². The lowest BCUT2D eigenvalue weighted by Crippen LogP contribution is -2.60. The third kappa shape index (κ3) is 51.9. The molecule has 0 spiro atoms. The second-order valence-electron chi connectivity index (χ2n) is 24.9. The van der Waals surface area contributed by atoms with Gasteiger partial charge in [0.25, 0.3) is 0 Å². The van der Waals surface area contributed by atoms with Gasteiger partial charge in [-0.2, -0.15) is 0 Å². The summed E-state index contributed by atoms with van der Waals surface area (Å²) in [5.41, 5.74) is 0. The van der Waals surface area contributed by atoms with Gasteiger partial charge in [-0.05, 0) is 103 Å². The number of esters is 1. The van der Waals surface area contributed by atoms with E-state index in [1.165, 1.54) is 231 Å². The summed E-state index contributed by atoms with van der Waals surface area (Å²) in [6.45, 7) is 4.24. The first-order chi connectivity index (χ1) is 42.2. The second kappa shape index (κ2) is 63.7. The highest BCUT2D eigenvalue weighted by atomic mass is 16.7. The molecule has 7 unspecified atom stereocenters. The van der Waals surface area contributed by atoms with Crippen molar-refractivity contribution in [2.24, 2.45) is 0 Å². The first-order valence-electron chi connectivity index (χ1n) is 36.2. The van der Waals surface area contributed by atoms with Crippen molar-refractivity contribution in [2.75, 3.05) is 19.8 Å². The Balaban J connectivity index is 1.92. The number of hydrogen-bond acceptors (Lipinski definition) is 10. The summed E-state index contributed by atoms with van der Waals surface area (Å²) in [6.07, 6.45) is 76.4. The fourth-order valence-corrected chi connectivity index (χ4v) is 11.0. The Morgan fingerprint density at radius 2 is 0.814 bits per heavy atom. The third-order valence-electron chi connectivity index (χ3n) is 16.7. The van der Waals surface area contributed by atoms with Crippen LogP contribution in [0.15, 0.2) is 72.9 Å². The summed E-state index contributed by atoms with van der Waals surface area (Å²) in [5.74, 6) is -0.197. The zero-order valence-corrected chi connectivity index (χ0v) is 55.5. The van der Waals surface area contributed by atoms with Crippen molar-refractivity contribution < 1.29 is 49.3 Å². The second-order valence-corrected chi connectivity index (χ2v) is 24.9. The highest BCUT2D eigenvalue weighted by Gasteiger charge is 2.44. The standard InChI is InChI=1S/C75H135NO10/c1-3-5-7-9-11-13-15-39-43-47-51-55-59-63-71(80)84-64-60-56-52-48-44-41-38-36-34-32-30-28-26-24-22-20-18-16-17-19-21-23-25-27-29-31-33-35-37-40-42-46-50-54-58-62-70(79)76-67(66-85-75-74(83)73(82)72(81)69(65-77)86-75)68(78)61-57-53-49-45-14-12-10-8-6-4-2/h7,9,13-15,18,20,24,26,45,57,61,67-69,72-75,77-78,81-83H,3-6,8,10-12,16-17,19,21-23,25,27-44,46-56,58-60,62-66H2,1-2H3,(H,76,79)/b9-7-,15-13-,20-18-,26-24-,45-14+,61-57+. The van der Waals surface area contributed by atoms with E-state index < -0.39 is 49.5 Å². The molecule has 11 nitrogen and oxygen atoms in total. The van der Waals surface area contributed by atoms with Gasteiger partial charge in [0.1, 0.15) is 24.4 Å². The third-order valence-corrected chi connectivity index (χ3v) is 16.7. The SMILES string of the molecule is CCC/C=C\C/C=C\CCCCCCCC(=O)OCCCCCCCCCCCCC/C=C\C/C=C\CCCCCCCCCCCCCCCCCCCC(=O)NC(COC1OC(CO)C(O)C(O)C1O)C(O)/C=C/CC/C=C/CCCCCC. The van der Waals surface area contributed by atoms with E-state index in [9.17, 15) is 35.1 Å². The van der Waals surface area contributed by atoms with Crippen LogP contribution in [0.2, 0.25) is 0 Å². The van der Waals surface area contributed by atoms with Crippen LogP contribution in [0.1, 0.15) is 328 Å². The minimum atomic E-state index is -1.58. The van der Waals surface area contributed by atoms with Crippen molar-refractivity contribution in [2.45, 2.75) is 371 Å². The van der Waals surface area contributed by atoms with E-state index in [0.29, 0.717) is 19.4 Å². The minimum Gasteiger partial charge on any atom is -0.466 e. The number of unbranched alkanes of at least 4 members (excludes halogenated alkanes) is 39. The van der Waals surface area contributed by atoms with Gasteiger partial charge in [0, 0.05) is 12.8 Å². The molecule has 1 aliphatic rings. The maximum atomic E-state index is 13.0. The van der Waals surface area contributed by atoms with Crippen molar-refractivity contribution in [3.8, 4) is 0 Å². The zero-order chi connectivity index (χ0) is 62.3. The number of ether oxygens (including phenoxy) is 3. The number of hydrogen-bond donors (Lipinski definition) is 6. The van der Waals surface area contributed by atoms with E-state index >= 15 is 0 Å². The number of allylic oxidation sites excluding steroid dienone is 11. The molecule has 6 N–H and O–H groups in total. The molecule has 0 saturated carbocycles. The van der Waals surface area contributed by atoms with Gasteiger partial charge in [0.05, 0.1) is 32.0 Å². The lowest BCUT2D eigenvalue weighted by atomic mass is 9.99. The molecule has 0 radical (unpaired) electrons. The smallest absolute Gasteiger partial charge is 0.305 e. The molecule has 1 saturated heterocycles. The Kier molecular flexibility index (Phi) is 60.0. The van der Waals surface area contributed by atoms with Crippen molar-refractivity contribution in [1.29, 1.82) is 0 Å². The van der Waals surface area contributed by atoms with Gasteiger partial charge in [-0.15, -0.1) is 0 Å². The zero-order valence-electron chi connectivity index (χ0n) is 55.5. The van der Waals surface area contributed by atoms with Gasteiger partial charge in [-0.25, -0.2) is 0 Å². The molecule has 0 aliphatic carbocycles. The molecule has 1 rings (SSSR count). The van der Waals surface area contributed by atoms with Crippen LogP contribution in [0.4, 0.5) is 0 Å². The number of amides is 1. The Labute approximate surface area is 528 Å². The summed E-state index contributed by atoms with van der Waals surface area (Å²) in [4.78, 5) is 25.1. The molecule has 500 valence electrons. The molecular formula is C75H135NO10. The number of aliphatic hydroxyl groups excluding tert-OH is 5. The average molecular weight is 1210 g/mol. The van der Waals surface area contributed by atoms with Gasteiger partial charge in [-0.1, -0.05) is 286 Å². The Hall–Kier alpha value is -2.90. The molecule has 1 aliphatic heterocycles. The normalized spacial score (nSPS) is 18.3. The van der Waals surface area contributed by atoms with Crippen LogP contribution in [-0.2, 0) is 23.8 Å². The summed E-state index contributed by atoms with van der Waals surface area (Å²) in [5, 5.41) is 54.3. The summed E-state index contributed by atoms with van der Waals surface area (Å²) in [7, 11) is 0. The molecule has 1 fully saturated rings. The van der Waals surface area contributed by atoms with Gasteiger partial charge in [0.15, 0.2) is 6.29 Å². The van der Waals surface area contributed by atoms with E-state index in [0.717, 1.165) is 70.6 Å². The topological polar surface area (TPSA) is 175 Å². The largest absolute Gasteiger partial charge is 0.466 e. The molecule has 0 aromatic carbocycles. The summed E-state index contributed by atoms with van der Waals surface area (Å²) in [6, 6.07) is -0.826. The van der Waals surface area contributed by atoms with Gasteiger partial charge in [0.2, 0.25) is 5.91 Å². The predicted molar refractivity (Wildman–Crippen MR) is 361 cm³/mol. The molecule has 11 heteroatoms. The van der Waals surface area contributed by atoms with Gasteiger partial charge in [-0.3, -0.25) is 9.59 Å². The van der Waals surface area contributed by atoms with Crippen LogP contribution in [0, 0.1) is 0 Å². The van der Waals surface area contributed by atoms with E-state index in [1.54, 1.807) is 6.08 Å². The highest BCUT2D eigenvalue weighted by molar-refractivity contribution is 5.76. The van der Waals surface area contributed by atoms with E-state index in [1.807, 2.05) is 6.08 Å². The van der Waals surface area contributed by atoms with Crippen LogP contribution >= 0.6 is 0 Å².